The van der Waals surface area contributed by atoms with Crippen LogP contribution in [0, 0.1) is 0 Å². The molecule has 0 bridgehead atoms. The zero-order chi connectivity index (χ0) is 17.5. The van der Waals surface area contributed by atoms with Crippen LogP contribution in [0.3, 0.4) is 0 Å². The summed E-state index contributed by atoms with van der Waals surface area (Å²) in [5.41, 5.74) is 1.26. The van der Waals surface area contributed by atoms with Crippen LogP contribution < -0.4 is 5.32 Å². The molecule has 0 radical (unpaired) electrons. The number of aryl methyl sites for hydroxylation is 1. The van der Waals surface area contributed by atoms with Crippen LogP contribution in [0.4, 0.5) is 0 Å². The van der Waals surface area contributed by atoms with Crippen LogP contribution in [0.25, 0.3) is 0 Å². The molecule has 1 amide bonds. The Balaban J connectivity index is 1.47. The lowest BCUT2D eigenvalue weighted by Crippen LogP contribution is -2.49. The van der Waals surface area contributed by atoms with Crippen LogP contribution in [-0.4, -0.2) is 39.7 Å². The van der Waals surface area contributed by atoms with Gasteiger partial charge in [0.1, 0.15) is 0 Å². The maximum absolute atomic E-state index is 12.6. The Bertz CT molecular complexity index is 673. The molecule has 1 aliphatic heterocycles. The Morgan fingerprint density at radius 1 is 1.28 bits per heavy atom. The minimum atomic E-state index is -0.0203. The molecule has 0 saturated carbocycles. The molecule has 1 atom stereocenters. The number of hydrogen-bond acceptors (Lipinski definition) is 3. The van der Waals surface area contributed by atoms with Crippen LogP contribution in [0.1, 0.15) is 31.2 Å². The Hall–Kier alpha value is -1.85. The largest absolute Gasteiger partial charge is 0.355 e. The average Bonchev–Trinajstić information content (AvgIpc) is 3.05. The molecule has 1 aromatic carbocycles. The molecular weight excluding hydrogens is 336 g/mol. The van der Waals surface area contributed by atoms with Gasteiger partial charge in [0.15, 0.2) is 0 Å². The van der Waals surface area contributed by atoms with Gasteiger partial charge in [0.05, 0.1) is 17.3 Å². The van der Waals surface area contributed by atoms with E-state index in [4.69, 9.17) is 11.6 Å². The highest BCUT2D eigenvalue weighted by Crippen LogP contribution is 2.19. The van der Waals surface area contributed by atoms with E-state index in [9.17, 15) is 4.79 Å². The van der Waals surface area contributed by atoms with E-state index in [1.54, 1.807) is 17.1 Å². The van der Waals surface area contributed by atoms with Crippen LogP contribution in [0.5, 0.6) is 0 Å². The Kier molecular flexibility index (Phi) is 6.48. The summed E-state index contributed by atoms with van der Waals surface area (Å²) in [7, 11) is 0. The van der Waals surface area contributed by atoms with Gasteiger partial charge in [0, 0.05) is 25.8 Å². The first-order chi connectivity index (χ1) is 12.2. The van der Waals surface area contributed by atoms with Crippen molar-refractivity contribution in [3.63, 3.8) is 0 Å². The molecule has 0 spiro atoms. The highest BCUT2D eigenvalue weighted by molar-refractivity contribution is 6.30. The lowest BCUT2D eigenvalue weighted by atomic mass is 10.0. The van der Waals surface area contributed by atoms with E-state index < -0.39 is 0 Å². The number of aromatic nitrogens is 2. The Morgan fingerprint density at radius 2 is 2.12 bits per heavy atom. The standard InChI is InChI=1S/C19H25ClN4O/c20-17-13-22-24(15-17)12-6-10-21-19(25)18-9-4-5-11-23(18)14-16-7-2-1-3-8-16/h1-3,7-8,13,15,18H,4-6,9-12,14H2,(H,21,25)/t18-/m0/s1. The third-order valence-corrected chi connectivity index (χ3v) is 4.80. The third kappa shape index (κ3) is 5.31. The van der Waals surface area contributed by atoms with Crippen molar-refractivity contribution in [2.24, 2.45) is 0 Å². The average molecular weight is 361 g/mol. The fourth-order valence-electron chi connectivity index (χ4n) is 3.33. The maximum atomic E-state index is 12.6. The van der Waals surface area contributed by atoms with Crippen molar-refractivity contribution in [2.75, 3.05) is 13.1 Å². The molecule has 1 fully saturated rings. The summed E-state index contributed by atoms with van der Waals surface area (Å²) in [6.45, 7) is 3.24. The summed E-state index contributed by atoms with van der Waals surface area (Å²) < 4.78 is 1.80. The summed E-state index contributed by atoms with van der Waals surface area (Å²) in [5.74, 6) is 0.147. The van der Waals surface area contributed by atoms with Gasteiger partial charge in [-0.3, -0.25) is 14.4 Å². The highest BCUT2D eigenvalue weighted by Gasteiger charge is 2.28. The zero-order valence-corrected chi connectivity index (χ0v) is 15.2. The van der Waals surface area contributed by atoms with Gasteiger partial charge >= 0.3 is 0 Å². The Labute approximate surface area is 154 Å². The van der Waals surface area contributed by atoms with E-state index in [0.29, 0.717) is 11.6 Å². The number of hydrogen-bond donors (Lipinski definition) is 1. The SMILES string of the molecule is O=C(NCCCn1cc(Cl)cn1)[C@@H]1CCCCN1Cc1ccccc1. The van der Waals surface area contributed by atoms with Crippen molar-refractivity contribution in [3.8, 4) is 0 Å². The predicted molar refractivity (Wildman–Crippen MR) is 99.4 cm³/mol. The number of likely N-dealkylation sites (tertiary alicyclic amines) is 1. The minimum absolute atomic E-state index is 0.0203. The van der Waals surface area contributed by atoms with Gasteiger partial charge in [-0.25, -0.2) is 0 Å². The molecule has 0 aliphatic carbocycles. The molecule has 1 saturated heterocycles. The molecule has 6 heteroatoms. The lowest BCUT2D eigenvalue weighted by Gasteiger charge is -2.34. The van der Waals surface area contributed by atoms with Crippen molar-refractivity contribution < 1.29 is 4.79 Å². The summed E-state index contributed by atoms with van der Waals surface area (Å²) in [6, 6.07) is 10.4. The summed E-state index contributed by atoms with van der Waals surface area (Å²) >= 11 is 5.85. The minimum Gasteiger partial charge on any atom is -0.355 e. The Morgan fingerprint density at radius 3 is 2.88 bits per heavy atom. The third-order valence-electron chi connectivity index (χ3n) is 4.61. The van der Waals surface area contributed by atoms with E-state index in [2.05, 4.69) is 39.6 Å². The van der Waals surface area contributed by atoms with Crippen molar-refractivity contribution in [3.05, 3.63) is 53.3 Å². The maximum Gasteiger partial charge on any atom is 0.237 e. The molecule has 25 heavy (non-hydrogen) atoms. The summed E-state index contributed by atoms with van der Waals surface area (Å²) in [4.78, 5) is 14.9. The first kappa shape index (κ1) is 18.0. The van der Waals surface area contributed by atoms with Gasteiger partial charge in [0.25, 0.3) is 0 Å². The van der Waals surface area contributed by atoms with Gasteiger partial charge in [-0.1, -0.05) is 48.4 Å². The number of amides is 1. The summed E-state index contributed by atoms with van der Waals surface area (Å²) in [6.07, 6.45) is 7.49. The molecule has 1 aromatic heterocycles. The van der Waals surface area contributed by atoms with Crippen molar-refractivity contribution in [1.29, 1.82) is 0 Å². The van der Waals surface area contributed by atoms with E-state index in [0.717, 1.165) is 45.3 Å². The number of carbonyl (C=O) groups is 1. The number of rotatable bonds is 7. The normalized spacial score (nSPS) is 18.2. The van der Waals surface area contributed by atoms with Crippen molar-refractivity contribution in [2.45, 2.75) is 44.8 Å². The highest BCUT2D eigenvalue weighted by atomic mass is 35.5. The molecule has 3 rings (SSSR count). The van der Waals surface area contributed by atoms with Gasteiger partial charge in [0.2, 0.25) is 5.91 Å². The van der Waals surface area contributed by atoms with E-state index in [-0.39, 0.29) is 11.9 Å². The number of nitrogens with one attached hydrogen (secondary N) is 1. The second kappa shape index (κ2) is 9.02. The fourth-order valence-corrected chi connectivity index (χ4v) is 3.48. The smallest absolute Gasteiger partial charge is 0.237 e. The van der Waals surface area contributed by atoms with Gasteiger partial charge < -0.3 is 5.32 Å². The number of carbonyl (C=O) groups excluding carboxylic acids is 1. The van der Waals surface area contributed by atoms with E-state index in [1.165, 1.54) is 5.56 Å². The number of nitrogens with zero attached hydrogens (tertiary/aromatic N) is 3. The van der Waals surface area contributed by atoms with Crippen molar-refractivity contribution >= 4 is 17.5 Å². The van der Waals surface area contributed by atoms with Crippen molar-refractivity contribution in [1.82, 2.24) is 20.0 Å². The molecule has 0 unspecified atom stereocenters. The van der Waals surface area contributed by atoms with E-state index in [1.807, 2.05) is 6.07 Å². The van der Waals surface area contributed by atoms with E-state index >= 15 is 0 Å². The molecule has 1 aliphatic rings. The van der Waals surface area contributed by atoms with Crippen LogP contribution in [0.15, 0.2) is 42.7 Å². The number of halogens is 1. The second-order valence-electron chi connectivity index (χ2n) is 6.53. The first-order valence-electron chi connectivity index (χ1n) is 8.96. The molecule has 2 heterocycles. The second-order valence-corrected chi connectivity index (χ2v) is 6.97. The monoisotopic (exact) mass is 360 g/mol. The predicted octanol–water partition coefficient (Wildman–Crippen LogP) is 3.10. The zero-order valence-electron chi connectivity index (χ0n) is 14.4. The molecule has 134 valence electrons. The topological polar surface area (TPSA) is 50.2 Å². The number of benzene rings is 1. The van der Waals surface area contributed by atoms with Gasteiger partial charge in [-0.2, -0.15) is 5.10 Å². The van der Waals surface area contributed by atoms with Crippen LogP contribution in [0.2, 0.25) is 5.02 Å². The molecule has 2 aromatic rings. The van der Waals surface area contributed by atoms with Gasteiger partial charge in [-0.05, 0) is 31.4 Å². The van der Waals surface area contributed by atoms with Crippen LogP contribution >= 0.6 is 11.6 Å². The first-order valence-corrected chi connectivity index (χ1v) is 9.34. The fraction of sp³-hybridized carbons (Fsp3) is 0.474. The lowest BCUT2D eigenvalue weighted by molar-refractivity contribution is -0.127. The van der Waals surface area contributed by atoms with Crippen LogP contribution in [-0.2, 0) is 17.9 Å². The summed E-state index contributed by atoms with van der Waals surface area (Å²) in [5, 5.41) is 7.88. The van der Waals surface area contributed by atoms with Gasteiger partial charge in [-0.15, -0.1) is 0 Å². The molecular formula is C19H25ClN4O. The molecule has 1 N–H and O–H groups in total. The quantitative estimate of drug-likeness (QED) is 0.772. The number of piperidine rings is 1. The molecule has 5 nitrogen and oxygen atoms in total.